The Bertz CT molecular complexity index is 524. The molecule has 1 saturated carbocycles. The predicted octanol–water partition coefficient (Wildman–Crippen LogP) is 1.57. The summed E-state index contributed by atoms with van der Waals surface area (Å²) in [7, 11) is 0. The van der Waals surface area contributed by atoms with Gasteiger partial charge in [-0.3, -0.25) is 9.69 Å². The number of piperazine rings is 1. The van der Waals surface area contributed by atoms with Gasteiger partial charge in [-0.15, -0.1) is 0 Å². The van der Waals surface area contributed by atoms with Crippen LogP contribution in [0.25, 0.3) is 0 Å². The van der Waals surface area contributed by atoms with Gasteiger partial charge in [-0.1, -0.05) is 0 Å². The van der Waals surface area contributed by atoms with Gasteiger partial charge in [0, 0.05) is 45.0 Å². The van der Waals surface area contributed by atoms with Crippen molar-refractivity contribution in [2.75, 3.05) is 38.0 Å². The van der Waals surface area contributed by atoms with Crippen molar-refractivity contribution in [1.82, 2.24) is 14.8 Å². The van der Waals surface area contributed by atoms with E-state index in [9.17, 15) is 9.18 Å². The molecule has 2 heterocycles. The van der Waals surface area contributed by atoms with Crippen LogP contribution in [0.1, 0.15) is 30.1 Å². The van der Waals surface area contributed by atoms with Gasteiger partial charge in [0.25, 0.3) is 5.91 Å². The molecule has 2 fully saturated rings. The summed E-state index contributed by atoms with van der Waals surface area (Å²) in [5.41, 5.74) is 0.112. The van der Waals surface area contributed by atoms with Gasteiger partial charge in [0.05, 0.1) is 5.56 Å². The number of pyridine rings is 1. The average Bonchev–Trinajstić information content (AvgIpc) is 3.34. The van der Waals surface area contributed by atoms with Crippen molar-refractivity contribution in [2.45, 2.75) is 25.8 Å². The molecule has 1 amide bonds. The minimum Gasteiger partial charge on any atom is -0.368 e. The summed E-state index contributed by atoms with van der Waals surface area (Å²) in [6.45, 7) is 5.57. The third kappa shape index (κ3) is 3.00. The fraction of sp³-hybridized carbons (Fsp3) is 0.600. The van der Waals surface area contributed by atoms with E-state index in [1.54, 1.807) is 4.90 Å². The van der Waals surface area contributed by atoms with E-state index < -0.39 is 5.82 Å². The van der Waals surface area contributed by atoms with Crippen molar-refractivity contribution in [1.29, 1.82) is 0 Å². The normalized spacial score (nSPS) is 19.6. The maximum absolute atomic E-state index is 14.3. The highest BCUT2D eigenvalue weighted by atomic mass is 19.1. The van der Waals surface area contributed by atoms with E-state index in [0.717, 1.165) is 19.1 Å². The monoisotopic (exact) mass is 292 g/mol. The van der Waals surface area contributed by atoms with E-state index >= 15 is 0 Å². The first kappa shape index (κ1) is 14.3. The molecule has 1 aromatic rings. The van der Waals surface area contributed by atoms with E-state index in [0.29, 0.717) is 19.6 Å². The van der Waals surface area contributed by atoms with E-state index in [-0.39, 0.29) is 17.3 Å². The van der Waals surface area contributed by atoms with Crippen LogP contribution in [0.15, 0.2) is 12.3 Å². The molecule has 0 atom stereocenters. The first-order valence-electron chi connectivity index (χ1n) is 7.62. The quantitative estimate of drug-likeness (QED) is 0.915. The molecule has 0 aromatic carbocycles. The smallest absolute Gasteiger partial charge is 0.257 e. The van der Waals surface area contributed by atoms with Crippen LogP contribution in [-0.2, 0) is 0 Å². The molecule has 1 saturated heterocycles. The topological polar surface area (TPSA) is 48.5 Å². The lowest BCUT2D eigenvalue weighted by Crippen LogP contribution is -2.49. The molecule has 0 spiro atoms. The zero-order valence-electron chi connectivity index (χ0n) is 12.3. The van der Waals surface area contributed by atoms with E-state index in [1.807, 2.05) is 6.92 Å². The molecular formula is C15H21FN4O. The van der Waals surface area contributed by atoms with Crippen molar-refractivity contribution in [3.05, 3.63) is 23.6 Å². The number of carbonyl (C=O) groups excluding carboxylic acids is 1. The van der Waals surface area contributed by atoms with E-state index in [2.05, 4.69) is 15.2 Å². The van der Waals surface area contributed by atoms with Crippen LogP contribution in [0.2, 0.25) is 0 Å². The molecule has 0 bridgehead atoms. The molecule has 3 rings (SSSR count). The molecule has 1 aliphatic heterocycles. The van der Waals surface area contributed by atoms with Crippen molar-refractivity contribution in [2.24, 2.45) is 0 Å². The van der Waals surface area contributed by atoms with Crippen molar-refractivity contribution < 1.29 is 9.18 Å². The third-order valence-corrected chi connectivity index (χ3v) is 4.13. The fourth-order valence-electron chi connectivity index (χ4n) is 2.80. The van der Waals surface area contributed by atoms with Crippen LogP contribution in [0.4, 0.5) is 10.2 Å². The zero-order valence-corrected chi connectivity index (χ0v) is 12.3. The molecule has 114 valence electrons. The molecule has 0 unspecified atom stereocenters. The highest BCUT2D eigenvalue weighted by Gasteiger charge is 2.33. The van der Waals surface area contributed by atoms with Crippen molar-refractivity contribution in [3.8, 4) is 0 Å². The summed E-state index contributed by atoms with van der Waals surface area (Å²) in [6, 6.07) is 2.19. The maximum atomic E-state index is 14.3. The maximum Gasteiger partial charge on any atom is 0.257 e. The number of nitrogens with zero attached hydrogens (tertiary/aromatic N) is 3. The van der Waals surface area contributed by atoms with Crippen LogP contribution < -0.4 is 5.32 Å². The largest absolute Gasteiger partial charge is 0.368 e. The molecule has 1 N–H and O–H groups in total. The summed E-state index contributed by atoms with van der Waals surface area (Å²) in [6.07, 6.45) is 4.03. The average molecular weight is 292 g/mol. The van der Waals surface area contributed by atoms with Crippen molar-refractivity contribution >= 4 is 11.7 Å². The second-order valence-corrected chi connectivity index (χ2v) is 5.61. The number of rotatable bonds is 4. The molecule has 2 aliphatic rings. The third-order valence-electron chi connectivity index (χ3n) is 4.13. The van der Waals surface area contributed by atoms with Crippen molar-refractivity contribution in [3.63, 3.8) is 0 Å². The summed E-state index contributed by atoms with van der Waals surface area (Å²) in [5, 5.41) is 2.84. The highest BCUT2D eigenvalue weighted by Crippen LogP contribution is 2.27. The Morgan fingerprint density at radius 1 is 1.38 bits per heavy atom. The second kappa shape index (κ2) is 5.97. The summed E-state index contributed by atoms with van der Waals surface area (Å²) in [4.78, 5) is 20.6. The molecule has 5 nitrogen and oxygen atoms in total. The van der Waals surface area contributed by atoms with Gasteiger partial charge in [-0.25, -0.2) is 9.37 Å². The summed E-state index contributed by atoms with van der Waals surface area (Å²) in [5.74, 6) is -0.626. The van der Waals surface area contributed by atoms with Gasteiger partial charge in [0.15, 0.2) is 11.6 Å². The van der Waals surface area contributed by atoms with Gasteiger partial charge < -0.3 is 10.2 Å². The Morgan fingerprint density at radius 3 is 2.71 bits per heavy atom. The Morgan fingerprint density at radius 2 is 2.10 bits per heavy atom. The molecular weight excluding hydrogens is 271 g/mol. The summed E-state index contributed by atoms with van der Waals surface area (Å²) >= 11 is 0. The standard InChI is InChI=1S/C15H21FN4O/c1-2-17-14-13(16)12(5-6-18-14)15(21)20-9-7-19(8-10-20)11-3-4-11/h5-6,11H,2-4,7-10H2,1H3,(H,17,18). The van der Waals surface area contributed by atoms with Crippen LogP contribution in [-0.4, -0.2) is 59.5 Å². The van der Waals surface area contributed by atoms with Crippen LogP contribution in [0, 0.1) is 5.82 Å². The number of anilines is 1. The van der Waals surface area contributed by atoms with Gasteiger partial charge >= 0.3 is 0 Å². The van der Waals surface area contributed by atoms with Gasteiger partial charge in [0.2, 0.25) is 0 Å². The number of amides is 1. The van der Waals surface area contributed by atoms with Crippen LogP contribution in [0.5, 0.6) is 0 Å². The Balaban J connectivity index is 1.69. The zero-order chi connectivity index (χ0) is 14.8. The van der Waals surface area contributed by atoms with Gasteiger partial charge in [-0.2, -0.15) is 0 Å². The van der Waals surface area contributed by atoms with Crippen LogP contribution >= 0.6 is 0 Å². The lowest BCUT2D eigenvalue weighted by Gasteiger charge is -2.34. The minimum absolute atomic E-state index is 0.112. The van der Waals surface area contributed by atoms with Gasteiger partial charge in [0.1, 0.15) is 0 Å². The first-order valence-corrected chi connectivity index (χ1v) is 7.62. The number of halogens is 1. The lowest BCUT2D eigenvalue weighted by molar-refractivity contribution is 0.0622. The molecule has 6 heteroatoms. The molecule has 1 aromatic heterocycles. The Hall–Kier alpha value is -1.69. The number of nitrogens with one attached hydrogen (secondary N) is 1. The predicted molar refractivity (Wildman–Crippen MR) is 78.9 cm³/mol. The molecule has 21 heavy (non-hydrogen) atoms. The molecule has 0 radical (unpaired) electrons. The number of hydrogen-bond donors (Lipinski definition) is 1. The van der Waals surface area contributed by atoms with Gasteiger partial charge in [-0.05, 0) is 25.8 Å². The number of carbonyl (C=O) groups is 1. The highest BCUT2D eigenvalue weighted by molar-refractivity contribution is 5.95. The minimum atomic E-state index is -0.547. The SMILES string of the molecule is CCNc1nccc(C(=O)N2CCN(C3CC3)CC2)c1F. The molecule has 1 aliphatic carbocycles. The Kier molecular flexibility index (Phi) is 4.05. The second-order valence-electron chi connectivity index (χ2n) is 5.61. The number of aromatic nitrogens is 1. The van der Waals surface area contributed by atoms with E-state index in [4.69, 9.17) is 0 Å². The van der Waals surface area contributed by atoms with E-state index in [1.165, 1.54) is 25.1 Å². The number of hydrogen-bond acceptors (Lipinski definition) is 4. The van der Waals surface area contributed by atoms with Crippen LogP contribution in [0.3, 0.4) is 0 Å². The first-order chi connectivity index (χ1) is 10.2. The lowest BCUT2D eigenvalue weighted by atomic mass is 10.2. The summed E-state index contributed by atoms with van der Waals surface area (Å²) < 4.78 is 14.3. The Labute approximate surface area is 124 Å². The fourth-order valence-corrected chi connectivity index (χ4v) is 2.80.